The van der Waals surface area contributed by atoms with E-state index in [1.165, 1.54) is 16.8 Å². The van der Waals surface area contributed by atoms with Crippen molar-refractivity contribution in [3.8, 4) is 21.1 Å². The van der Waals surface area contributed by atoms with Crippen LogP contribution in [0.3, 0.4) is 0 Å². The number of nitrogens with one attached hydrogen (secondary N) is 1. The third-order valence-corrected chi connectivity index (χ3v) is 6.55. The van der Waals surface area contributed by atoms with Gasteiger partial charge in [-0.05, 0) is 30.5 Å². The number of aryl methyl sites for hydroxylation is 1. The van der Waals surface area contributed by atoms with E-state index in [4.69, 9.17) is 0 Å². The van der Waals surface area contributed by atoms with Gasteiger partial charge in [0.1, 0.15) is 10.7 Å². The molecule has 0 spiro atoms. The fourth-order valence-electron chi connectivity index (χ4n) is 2.96. The Bertz CT molecular complexity index is 1260. The van der Waals surface area contributed by atoms with Gasteiger partial charge in [0.2, 0.25) is 5.91 Å². The maximum Gasteiger partial charge on any atom is 0.266 e. The monoisotopic (exact) mass is 448 g/mol. The van der Waals surface area contributed by atoms with E-state index in [2.05, 4.69) is 15.4 Å². The van der Waals surface area contributed by atoms with Gasteiger partial charge in [-0.3, -0.25) is 9.59 Å². The molecular weight excluding hydrogens is 428 g/mol. The number of aromatic nitrogens is 3. The fourth-order valence-corrected chi connectivity index (χ4v) is 4.61. The highest BCUT2D eigenvalue weighted by Gasteiger charge is 2.13. The van der Waals surface area contributed by atoms with Crippen molar-refractivity contribution in [2.75, 3.05) is 6.54 Å². The van der Waals surface area contributed by atoms with E-state index in [1.807, 2.05) is 54.8 Å². The van der Waals surface area contributed by atoms with Crippen LogP contribution in [0.15, 0.2) is 70.8 Å². The Hall–Kier alpha value is -3.36. The molecule has 0 unspecified atom stereocenters. The molecule has 0 atom stereocenters. The van der Waals surface area contributed by atoms with Crippen LogP contribution in [0, 0.1) is 6.92 Å². The number of amides is 1. The summed E-state index contributed by atoms with van der Waals surface area (Å²) in [4.78, 5) is 30.8. The van der Waals surface area contributed by atoms with E-state index >= 15 is 0 Å². The predicted octanol–water partition coefficient (Wildman–Crippen LogP) is 4.23. The number of hydrogen-bond acceptors (Lipinski definition) is 6. The minimum absolute atomic E-state index is 0.205. The number of rotatable bonds is 7. The predicted molar refractivity (Wildman–Crippen MR) is 126 cm³/mol. The molecule has 3 aromatic heterocycles. The Morgan fingerprint density at radius 2 is 1.97 bits per heavy atom. The van der Waals surface area contributed by atoms with Gasteiger partial charge < -0.3 is 5.32 Å². The highest BCUT2D eigenvalue weighted by atomic mass is 32.1. The Kier molecular flexibility index (Phi) is 6.49. The van der Waals surface area contributed by atoms with Gasteiger partial charge in [0.05, 0.1) is 17.1 Å². The van der Waals surface area contributed by atoms with Gasteiger partial charge in [0, 0.05) is 29.1 Å². The lowest BCUT2D eigenvalue weighted by atomic mass is 10.2. The van der Waals surface area contributed by atoms with Gasteiger partial charge in [0.25, 0.3) is 5.56 Å². The van der Waals surface area contributed by atoms with Crippen LogP contribution in [0.4, 0.5) is 0 Å². The highest BCUT2D eigenvalue weighted by molar-refractivity contribution is 7.18. The second-order valence-corrected chi connectivity index (χ2v) is 8.70. The van der Waals surface area contributed by atoms with E-state index in [0.29, 0.717) is 12.2 Å². The van der Waals surface area contributed by atoms with E-state index in [-0.39, 0.29) is 18.0 Å². The first-order chi connectivity index (χ1) is 15.1. The van der Waals surface area contributed by atoms with E-state index in [9.17, 15) is 9.59 Å². The average Bonchev–Trinajstić information content (AvgIpc) is 3.44. The summed E-state index contributed by atoms with van der Waals surface area (Å²) in [5.41, 5.74) is 2.40. The molecule has 8 heteroatoms. The Labute approximate surface area is 187 Å². The van der Waals surface area contributed by atoms with Crippen molar-refractivity contribution >= 4 is 34.7 Å². The van der Waals surface area contributed by atoms with Crippen molar-refractivity contribution in [2.45, 2.75) is 13.5 Å². The lowest BCUT2D eigenvalue weighted by molar-refractivity contribution is -0.116. The summed E-state index contributed by atoms with van der Waals surface area (Å²) in [7, 11) is 0. The van der Waals surface area contributed by atoms with Crippen LogP contribution in [0.1, 0.15) is 10.6 Å². The summed E-state index contributed by atoms with van der Waals surface area (Å²) in [5, 5.41) is 10.2. The largest absolute Gasteiger partial charge is 0.351 e. The lowest BCUT2D eigenvalue weighted by Gasteiger charge is -2.07. The average molecular weight is 449 g/mol. The molecule has 0 radical (unpaired) electrons. The topological polar surface area (TPSA) is 76.9 Å². The van der Waals surface area contributed by atoms with Crippen molar-refractivity contribution in [3.63, 3.8) is 0 Å². The Morgan fingerprint density at radius 3 is 2.74 bits per heavy atom. The summed E-state index contributed by atoms with van der Waals surface area (Å²) in [6.07, 6.45) is 3.26. The van der Waals surface area contributed by atoms with Crippen molar-refractivity contribution in [2.24, 2.45) is 0 Å². The summed E-state index contributed by atoms with van der Waals surface area (Å²) in [6.45, 7) is 2.53. The first-order valence-corrected chi connectivity index (χ1v) is 11.4. The summed E-state index contributed by atoms with van der Waals surface area (Å²) >= 11 is 3.11. The molecule has 1 amide bonds. The van der Waals surface area contributed by atoms with E-state index in [1.54, 1.807) is 34.8 Å². The molecule has 0 fully saturated rings. The maximum absolute atomic E-state index is 12.2. The number of nitrogens with zero attached hydrogens (tertiary/aromatic N) is 3. The molecule has 0 bridgehead atoms. The zero-order valence-corrected chi connectivity index (χ0v) is 18.5. The number of carbonyl (C=O) groups excluding carboxylic acids is 1. The molecule has 3 heterocycles. The van der Waals surface area contributed by atoms with Crippen LogP contribution in [0.25, 0.3) is 27.2 Å². The van der Waals surface area contributed by atoms with Crippen molar-refractivity contribution < 1.29 is 4.79 Å². The molecule has 1 N–H and O–H groups in total. The third kappa shape index (κ3) is 5.22. The van der Waals surface area contributed by atoms with E-state index < -0.39 is 0 Å². The quantitative estimate of drug-likeness (QED) is 0.429. The van der Waals surface area contributed by atoms with Crippen LogP contribution >= 0.6 is 22.7 Å². The lowest BCUT2D eigenvalue weighted by Crippen LogP contribution is -2.31. The molecule has 0 aliphatic carbocycles. The minimum Gasteiger partial charge on any atom is -0.351 e. The van der Waals surface area contributed by atoms with Gasteiger partial charge in [-0.2, -0.15) is 5.10 Å². The molecule has 0 aliphatic rings. The number of thiophene rings is 1. The van der Waals surface area contributed by atoms with Crippen LogP contribution in [-0.2, 0) is 11.3 Å². The van der Waals surface area contributed by atoms with Crippen LogP contribution in [0.2, 0.25) is 0 Å². The standard InChI is InChI=1S/C23H20N4O2S2/c1-16-22(31-23(25-16)17-6-3-2-4-7-17)19-10-12-21(29)27(26-19)14-13-24-20(28)11-9-18-8-5-15-30-18/h2-12,15H,13-14H2,1H3,(H,24,28)/b11-9+. The van der Waals surface area contributed by atoms with E-state index in [0.717, 1.165) is 26.0 Å². The fraction of sp³-hybridized carbons (Fsp3) is 0.130. The van der Waals surface area contributed by atoms with Crippen LogP contribution in [-0.4, -0.2) is 27.2 Å². The van der Waals surface area contributed by atoms with Crippen molar-refractivity contribution in [1.82, 2.24) is 20.1 Å². The Morgan fingerprint density at radius 1 is 1.13 bits per heavy atom. The van der Waals surface area contributed by atoms with Gasteiger partial charge in [-0.1, -0.05) is 36.4 Å². The van der Waals surface area contributed by atoms with Gasteiger partial charge in [-0.15, -0.1) is 22.7 Å². The maximum atomic E-state index is 12.2. The molecule has 0 saturated carbocycles. The van der Waals surface area contributed by atoms with Crippen molar-refractivity contribution in [3.05, 3.63) is 87.0 Å². The molecule has 31 heavy (non-hydrogen) atoms. The molecule has 156 valence electrons. The van der Waals surface area contributed by atoms with Crippen molar-refractivity contribution in [1.29, 1.82) is 0 Å². The SMILES string of the molecule is Cc1nc(-c2ccccc2)sc1-c1ccc(=O)n(CCNC(=O)/C=C/c2cccs2)n1. The zero-order chi connectivity index (χ0) is 21.6. The van der Waals surface area contributed by atoms with Gasteiger partial charge in [-0.25, -0.2) is 9.67 Å². The molecule has 4 rings (SSSR count). The van der Waals surface area contributed by atoms with Crippen LogP contribution in [0.5, 0.6) is 0 Å². The minimum atomic E-state index is -0.211. The normalized spacial score (nSPS) is 11.1. The Balaban J connectivity index is 1.45. The second kappa shape index (κ2) is 9.63. The third-order valence-electron chi connectivity index (χ3n) is 4.48. The first-order valence-electron chi connectivity index (χ1n) is 9.71. The summed E-state index contributed by atoms with van der Waals surface area (Å²) in [6, 6.07) is 17.1. The zero-order valence-electron chi connectivity index (χ0n) is 16.8. The van der Waals surface area contributed by atoms with Crippen LogP contribution < -0.4 is 10.9 Å². The summed E-state index contributed by atoms with van der Waals surface area (Å²) < 4.78 is 1.37. The summed E-state index contributed by atoms with van der Waals surface area (Å²) in [5.74, 6) is -0.205. The number of thiazole rings is 1. The number of hydrogen-bond donors (Lipinski definition) is 1. The molecule has 0 saturated heterocycles. The number of benzene rings is 1. The van der Waals surface area contributed by atoms with Gasteiger partial charge >= 0.3 is 0 Å². The molecule has 6 nitrogen and oxygen atoms in total. The first kappa shape index (κ1) is 20.9. The van der Waals surface area contributed by atoms with Gasteiger partial charge in [0.15, 0.2) is 0 Å². The molecule has 4 aromatic rings. The second-order valence-electron chi connectivity index (χ2n) is 6.72. The highest BCUT2D eigenvalue weighted by Crippen LogP contribution is 2.33. The number of carbonyl (C=O) groups is 1. The molecular formula is C23H20N4O2S2. The molecule has 0 aliphatic heterocycles. The smallest absolute Gasteiger partial charge is 0.266 e. The molecule has 1 aromatic carbocycles.